The SMILES string of the molecule is CCN(CC)c1cc(C=O)ccc1N=Nc1ccc(C(=O)Cl)cc1N(CC)CC. The van der Waals surface area contributed by atoms with Crippen LogP contribution in [0, 0.1) is 0 Å². The van der Waals surface area contributed by atoms with E-state index in [2.05, 4.69) is 33.9 Å². The lowest BCUT2D eigenvalue weighted by molar-refractivity contribution is 0.108. The van der Waals surface area contributed by atoms with Crippen molar-refractivity contribution in [2.75, 3.05) is 36.0 Å². The molecule has 0 radical (unpaired) electrons. The summed E-state index contributed by atoms with van der Waals surface area (Å²) >= 11 is 5.66. The average Bonchev–Trinajstić information content (AvgIpc) is 2.74. The van der Waals surface area contributed by atoms with Crippen LogP contribution in [-0.2, 0) is 0 Å². The van der Waals surface area contributed by atoms with E-state index < -0.39 is 5.24 Å². The third-order valence-corrected chi connectivity index (χ3v) is 5.03. The van der Waals surface area contributed by atoms with E-state index >= 15 is 0 Å². The average molecular weight is 415 g/mol. The van der Waals surface area contributed by atoms with Gasteiger partial charge in [-0.05, 0) is 75.7 Å². The minimum Gasteiger partial charge on any atom is -0.370 e. The molecule has 0 amide bonds. The fourth-order valence-electron chi connectivity index (χ4n) is 3.17. The Labute approximate surface area is 177 Å². The molecule has 0 aliphatic heterocycles. The van der Waals surface area contributed by atoms with Crippen molar-refractivity contribution in [3.05, 3.63) is 47.5 Å². The molecule has 0 aromatic heterocycles. The normalized spacial score (nSPS) is 10.9. The molecule has 2 rings (SSSR count). The van der Waals surface area contributed by atoms with E-state index in [1.54, 1.807) is 30.3 Å². The molecule has 0 aliphatic rings. The molecule has 0 aliphatic carbocycles. The Morgan fingerprint density at radius 3 is 1.79 bits per heavy atom. The van der Waals surface area contributed by atoms with Crippen LogP contribution in [0.15, 0.2) is 46.6 Å². The quantitative estimate of drug-likeness (QED) is 0.272. The van der Waals surface area contributed by atoms with Gasteiger partial charge >= 0.3 is 0 Å². The Hall–Kier alpha value is -2.73. The van der Waals surface area contributed by atoms with Crippen LogP contribution in [0.4, 0.5) is 22.7 Å². The van der Waals surface area contributed by atoms with Crippen LogP contribution in [-0.4, -0.2) is 37.7 Å². The first-order valence-corrected chi connectivity index (χ1v) is 10.2. The second-order valence-corrected chi connectivity index (χ2v) is 6.73. The molecular weight excluding hydrogens is 388 g/mol. The van der Waals surface area contributed by atoms with Crippen molar-refractivity contribution in [2.45, 2.75) is 27.7 Å². The number of hydrogen-bond acceptors (Lipinski definition) is 6. The molecule has 2 aromatic carbocycles. The number of rotatable bonds is 10. The van der Waals surface area contributed by atoms with Gasteiger partial charge in [0.25, 0.3) is 5.24 Å². The van der Waals surface area contributed by atoms with E-state index in [0.29, 0.717) is 22.5 Å². The number of benzene rings is 2. The molecule has 0 atom stereocenters. The van der Waals surface area contributed by atoms with Gasteiger partial charge in [-0.25, -0.2) is 0 Å². The van der Waals surface area contributed by atoms with Gasteiger partial charge in [0, 0.05) is 37.3 Å². The summed E-state index contributed by atoms with van der Waals surface area (Å²) in [5.74, 6) is 0. The molecular formula is C22H27ClN4O2. The van der Waals surface area contributed by atoms with Gasteiger partial charge in [0.1, 0.15) is 17.7 Å². The van der Waals surface area contributed by atoms with Crippen LogP contribution in [0.1, 0.15) is 48.4 Å². The Bertz CT molecular complexity index is 890. The number of anilines is 2. The lowest BCUT2D eigenvalue weighted by Gasteiger charge is -2.23. The van der Waals surface area contributed by atoms with Crippen molar-refractivity contribution in [1.82, 2.24) is 0 Å². The second-order valence-electron chi connectivity index (χ2n) is 6.39. The first-order chi connectivity index (χ1) is 14.0. The van der Waals surface area contributed by atoms with E-state index in [4.69, 9.17) is 11.6 Å². The summed E-state index contributed by atoms with van der Waals surface area (Å²) in [4.78, 5) is 27.0. The van der Waals surface area contributed by atoms with Crippen molar-refractivity contribution in [1.29, 1.82) is 0 Å². The minimum absolute atomic E-state index is 0.423. The summed E-state index contributed by atoms with van der Waals surface area (Å²) in [7, 11) is 0. The summed E-state index contributed by atoms with van der Waals surface area (Å²) in [5, 5.41) is 8.45. The highest BCUT2D eigenvalue weighted by atomic mass is 35.5. The first-order valence-electron chi connectivity index (χ1n) is 9.83. The largest absolute Gasteiger partial charge is 0.370 e. The zero-order chi connectivity index (χ0) is 21.4. The molecule has 0 unspecified atom stereocenters. The first kappa shape index (κ1) is 22.6. The van der Waals surface area contributed by atoms with Gasteiger partial charge < -0.3 is 9.80 Å². The van der Waals surface area contributed by atoms with Gasteiger partial charge in [0.2, 0.25) is 0 Å². The molecule has 6 nitrogen and oxygen atoms in total. The highest BCUT2D eigenvalue weighted by Crippen LogP contribution is 2.35. The van der Waals surface area contributed by atoms with Crippen molar-refractivity contribution in [3.63, 3.8) is 0 Å². The molecule has 0 bridgehead atoms. The van der Waals surface area contributed by atoms with Crippen LogP contribution >= 0.6 is 11.6 Å². The van der Waals surface area contributed by atoms with Gasteiger partial charge in [-0.15, -0.1) is 10.2 Å². The summed E-state index contributed by atoms with van der Waals surface area (Å²) in [6.07, 6.45) is 0.828. The Kier molecular flexibility index (Phi) is 8.34. The number of azo groups is 1. The number of hydrogen-bond donors (Lipinski definition) is 0. The molecule has 7 heteroatoms. The van der Waals surface area contributed by atoms with E-state index in [-0.39, 0.29) is 0 Å². The molecule has 0 fully saturated rings. The standard InChI is InChI=1S/C22H27ClN4O2/c1-5-26(6-2)20-13-16(15-28)9-11-18(20)24-25-19-12-10-17(22(23)29)14-21(19)27(7-3)8-4/h9-15H,5-8H2,1-4H3. The molecule has 2 aromatic rings. The Morgan fingerprint density at radius 1 is 0.862 bits per heavy atom. The number of halogens is 1. The predicted molar refractivity (Wildman–Crippen MR) is 120 cm³/mol. The Morgan fingerprint density at radius 2 is 1.34 bits per heavy atom. The van der Waals surface area contributed by atoms with Gasteiger partial charge in [-0.3, -0.25) is 9.59 Å². The van der Waals surface area contributed by atoms with Crippen LogP contribution in [0.25, 0.3) is 0 Å². The third-order valence-electron chi connectivity index (χ3n) is 4.81. The van der Waals surface area contributed by atoms with Gasteiger partial charge in [0.15, 0.2) is 0 Å². The van der Waals surface area contributed by atoms with Crippen molar-refractivity contribution >= 4 is 45.9 Å². The zero-order valence-electron chi connectivity index (χ0n) is 17.4. The van der Waals surface area contributed by atoms with Crippen molar-refractivity contribution in [3.8, 4) is 0 Å². The molecule has 0 saturated heterocycles. The molecule has 0 spiro atoms. The number of carbonyl (C=O) groups excluding carboxylic acids is 2. The lowest BCUT2D eigenvalue weighted by Crippen LogP contribution is -2.22. The van der Waals surface area contributed by atoms with Gasteiger partial charge in [0.05, 0.1) is 11.4 Å². The van der Waals surface area contributed by atoms with Crippen LogP contribution in [0.2, 0.25) is 0 Å². The predicted octanol–water partition coefficient (Wildman–Crippen LogP) is 5.99. The topological polar surface area (TPSA) is 65.3 Å². The van der Waals surface area contributed by atoms with Gasteiger partial charge in [-0.2, -0.15) is 0 Å². The lowest BCUT2D eigenvalue weighted by atomic mass is 10.1. The maximum atomic E-state index is 11.6. The fraction of sp³-hybridized carbons (Fsp3) is 0.364. The van der Waals surface area contributed by atoms with Crippen molar-refractivity contribution in [2.24, 2.45) is 10.2 Å². The molecule has 0 heterocycles. The van der Waals surface area contributed by atoms with Crippen LogP contribution < -0.4 is 9.80 Å². The third kappa shape index (κ3) is 5.41. The summed E-state index contributed by atoms with van der Waals surface area (Å²) in [6.45, 7) is 11.3. The van der Waals surface area contributed by atoms with E-state index in [1.807, 2.05) is 19.9 Å². The molecule has 0 N–H and O–H groups in total. The van der Waals surface area contributed by atoms with E-state index in [9.17, 15) is 9.59 Å². The summed E-state index contributed by atoms with van der Waals surface area (Å²) in [5.41, 5.74) is 4.02. The summed E-state index contributed by atoms with van der Waals surface area (Å²) < 4.78 is 0. The molecule has 29 heavy (non-hydrogen) atoms. The van der Waals surface area contributed by atoms with Crippen LogP contribution in [0.5, 0.6) is 0 Å². The minimum atomic E-state index is -0.504. The van der Waals surface area contributed by atoms with E-state index in [1.165, 1.54) is 0 Å². The smallest absolute Gasteiger partial charge is 0.252 e. The zero-order valence-corrected chi connectivity index (χ0v) is 18.1. The Balaban J connectivity index is 2.53. The monoisotopic (exact) mass is 414 g/mol. The number of nitrogens with zero attached hydrogens (tertiary/aromatic N) is 4. The van der Waals surface area contributed by atoms with Crippen LogP contribution in [0.3, 0.4) is 0 Å². The molecule has 154 valence electrons. The fourth-order valence-corrected chi connectivity index (χ4v) is 3.29. The molecule has 0 saturated carbocycles. The number of carbonyl (C=O) groups is 2. The maximum Gasteiger partial charge on any atom is 0.252 e. The highest BCUT2D eigenvalue weighted by molar-refractivity contribution is 6.67. The highest BCUT2D eigenvalue weighted by Gasteiger charge is 2.14. The van der Waals surface area contributed by atoms with E-state index in [0.717, 1.165) is 43.8 Å². The maximum absolute atomic E-state index is 11.6. The number of aldehydes is 1. The second kappa shape index (κ2) is 10.7. The van der Waals surface area contributed by atoms with Crippen molar-refractivity contribution < 1.29 is 9.59 Å². The van der Waals surface area contributed by atoms with Gasteiger partial charge in [-0.1, -0.05) is 0 Å². The summed E-state index contributed by atoms with van der Waals surface area (Å²) in [6, 6.07) is 10.5.